The van der Waals surface area contributed by atoms with Gasteiger partial charge in [0.05, 0.1) is 0 Å². The van der Waals surface area contributed by atoms with Crippen molar-refractivity contribution < 1.29 is 28.6 Å². The van der Waals surface area contributed by atoms with E-state index in [-0.39, 0.29) is 31.1 Å². The van der Waals surface area contributed by atoms with Crippen LogP contribution in [0.5, 0.6) is 0 Å². The third kappa shape index (κ3) is 45.5. The van der Waals surface area contributed by atoms with Crippen molar-refractivity contribution in [2.75, 3.05) is 13.2 Å². The Hall–Kier alpha value is -1.59. The average Bonchev–Trinajstić information content (AvgIpc) is 3.18. The van der Waals surface area contributed by atoms with Gasteiger partial charge in [0, 0.05) is 19.3 Å². The van der Waals surface area contributed by atoms with Crippen LogP contribution in [0.4, 0.5) is 0 Å². The Morgan fingerprint density at radius 3 is 0.741 bits per heavy atom. The number of rotatable bonds is 45. The summed E-state index contributed by atoms with van der Waals surface area (Å²) in [7, 11) is 0. The first kappa shape index (κ1) is 56.4. The first-order chi connectivity index (χ1) is 28.1. The van der Waals surface area contributed by atoms with Gasteiger partial charge in [-0.3, -0.25) is 14.4 Å². The van der Waals surface area contributed by atoms with Crippen LogP contribution < -0.4 is 0 Å². The lowest BCUT2D eigenvalue weighted by atomic mass is 10.0. The summed E-state index contributed by atoms with van der Waals surface area (Å²) in [4.78, 5) is 37.9. The van der Waals surface area contributed by atoms with Crippen LogP contribution in [0.25, 0.3) is 0 Å². The minimum Gasteiger partial charge on any atom is -0.462 e. The lowest BCUT2D eigenvalue weighted by Crippen LogP contribution is -2.30. The quantitative estimate of drug-likeness (QED) is 0.0346. The minimum absolute atomic E-state index is 0.0657. The summed E-state index contributed by atoms with van der Waals surface area (Å²) < 4.78 is 16.8. The fourth-order valence-corrected chi connectivity index (χ4v) is 7.76. The molecule has 0 aromatic heterocycles. The summed E-state index contributed by atoms with van der Waals surface area (Å²) in [5, 5.41) is 0. The molecule has 0 spiro atoms. The predicted molar refractivity (Wildman–Crippen MR) is 247 cm³/mol. The van der Waals surface area contributed by atoms with Crippen LogP contribution in [0.2, 0.25) is 0 Å². The number of ether oxygens (including phenoxy) is 3. The Morgan fingerprint density at radius 2 is 0.500 bits per heavy atom. The second kappa shape index (κ2) is 43.5. The van der Waals surface area contributed by atoms with Crippen LogP contribution in [-0.2, 0) is 28.6 Å². The molecule has 0 aliphatic rings. The molecule has 0 saturated carbocycles. The van der Waals surface area contributed by atoms with E-state index in [1.54, 1.807) is 0 Å². The fraction of sp³-hybridized carbons (Fsp3) is 0.942. The van der Waals surface area contributed by atoms with Crippen molar-refractivity contribution >= 4 is 17.9 Å². The van der Waals surface area contributed by atoms with E-state index in [1.807, 2.05) is 0 Å². The fourth-order valence-electron chi connectivity index (χ4n) is 7.76. The molecule has 0 radical (unpaired) electrons. The zero-order valence-electron chi connectivity index (χ0n) is 39.8. The SMILES string of the molecule is CC(C)CCCCCCCCCCCCCCCCC(=O)OC[C@@H](COC(=O)CCCCCCCCCCCCCC(C)C)OC(=O)CCCCCCCCC(C)C. The number of esters is 3. The van der Waals surface area contributed by atoms with Gasteiger partial charge in [-0.1, -0.05) is 241 Å². The van der Waals surface area contributed by atoms with Gasteiger partial charge in [0.1, 0.15) is 13.2 Å². The molecule has 0 saturated heterocycles. The van der Waals surface area contributed by atoms with Gasteiger partial charge in [0.25, 0.3) is 0 Å². The molecular weight excluding hydrogens is 721 g/mol. The number of hydrogen-bond donors (Lipinski definition) is 0. The molecule has 344 valence electrons. The summed E-state index contributed by atoms with van der Waals surface area (Å²) in [5.74, 6) is 1.57. The van der Waals surface area contributed by atoms with Crippen molar-refractivity contribution in [3.63, 3.8) is 0 Å². The van der Waals surface area contributed by atoms with Gasteiger partial charge < -0.3 is 14.2 Å². The number of carbonyl (C=O) groups excluding carboxylic acids is 3. The zero-order valence-corrected chi connectivity index (χ0v) is 39.8. The van der Waals surface area contributed by atoms with Gasteiger partial charge in [-0.15, -0.1) is 0 Å². The molecule has 0 heterocycles. The Morgan fingerprint density at radius 1 is 0.293 bits per heavy atom. The summed E-state index contributed by atoms with van der Waals surface area (Å²) >= 11 is 0. The molecule has 0 aromatic carbocycles. The summed E-state index contributed by atoms with van der Waals surface area (Å²) in [6.07, 6.45) is 42.5. The lowest BCUT2D eigenvalue weighted by Gasteiger charge is -2.18. The highest BCUT2D eigenvalue weighted by Crippen LogP contribution is 2.17. The normalized spacial score (nSPS) is 12.2. The standard InChI is InChI=1S/C52H100O6/c1-46(2)38-32-26-20-16-12-9-7-8-10-14-18-22-29-35-41-50(53)56-44-49(58-52(55)43-37-31-25-24-28-34-40-48(5)6)45-57-51(54)42-36-30-23-19-15-11-13-17-21-27-33-39-47(3)4/h46-49H,7-45H2,1-6H3/t49-/m0/s1. The summed E-state index contributed by atoms with van der Waals surface area (Å²) in [5.41, 5.74) is 0. The van der Waals surface area contributed by atoms with Crippen molar-refractivity contribution in [3.8, 4) is 0 Å². The highest BCUT2D eigenvalue weighted by atomic mass is 16.6. The molecule has 0 aliphatic carbocycles. The van der Waals surface area contributed by atoms with Crippen molar-refractivity contribution in [2.45, 2.75) is 285 Å². The van der Waals surface area contributed by atoms with Crippen LogP contribution >= 0.6 is 0 Å². The zero-order chi connectivity index (χ0) is 42.7. The minimum atomic E-state index is -0.763. The van der Waals surface area contributed by atoms with Crippen molar-refractivity contribution in [2.24, 2.45) is 17.8 Å². The molecule has 1 atom stereocenters. The maximum atomic E-state index is 12.7. The van der Waals surface area contributed by atoms with Gasteiger partial charge in [-0.25, -0.2) is 0 Å². The van der Waals surface area contributed by atoms with Crippen LogP contribution in [0.3, 0.4) is 0 Å². The highest BCUT2D eigenvalue weighted by molar-refractivity contribution is 5.71. The summed E-state index contributed by atoms with van der Waals surface area (Å²) in [6.45, 7) is 13.7. The molecule has 6 nitrogen and oxygen atoms in total. The Balaban J connectivity index is 4.24. The van der Waals surface area contributed by atoms with E-state index in [9.17, 15) is 14.4 Å². The van der Waals surface area contributed by atoms with Crippen molar-refractivity contribution in [3.05, 3.63) is 0 Å². The topological polar surface area (TPSA) is 78.9 Å². The number of unbranched alkanes of at least 4 members (excludes halogenated alkanes) is 28. The molecule has 0 aromatic rings. The highest BCUT2D eigenvalue weighted by Gasteiger charge is 2.19. The molecule has 0 bridgehead atoms. The molecule has 0 amide bonds. The number of hydrogen-bond acceptors (Lipinski definition) is 6. The number of carbonyl (C=O) groups is 3. The molecule has 6 heteroatoms. The van der Waals surface area contributed by atoms with E-state index in [0.717, 1.165) is 75.5 Å². The van der Waals surface area contributed by atoms with E-state index >= 15 is 0 Å². The van der Waals surface area contributed by atoms with E-state index in [2.05, 4.69) is 41.5 Å². The first-order valence-corrected chi connectivity index (χ1v) is 25.6. The second-order valence-electron chi connectivity index (χ2n) is 19.2. The van der Waals surface area contributed by atoms with Gasteiger partial charge >= 0.3 is 17.9 Å². The van der Waals surface area contributed by atoms with Gasteiger partial charge in [0.15, 0.2) is 6.10 Å². The molecule has 0 fully saturated rings. The second-order valence-corrected chi connectivity index (χ2v) is 19.2. The van der Waals surface area contributed by atoms with Crippen LogP contribution in [0, 0.1) is 17.8 Å². The largest absolute Gasteiger partial charge is 0.462 e. The predicted octanol–water partition coefficient (Wildman–Crippen LogP) is 16.4. The van der Waals surface area contributed by atoms with Gasteiger partial charge in [-0.05, 0) is 37.0 Å². The maximum Gasteiger partial charge on any atom is 0.306 e. The third-order valence-electron chi connectivity index (χ3n) is 11.6. The van der Waals surface area contributed by atoms with Crippen LogP contribution in [0.1, 0.15) is 279 Å². The van der Waals surface area contributed by atoms with Crippen LogP contribution in [-0.4, -0.2) is 37.2 Å². The smallest absolute Gasteiger partial charge is 0.306 e. The molecule has 0 aliphatic heterocycles. The maximum absolute atomic E-state index is 12.7. The van der Waals surface area contributed by atoms with E-state index in [0.29, 0.717) is 19.3 Å². The lowest BCUT2D eigenvalue weighted by molar-refractivity contribution is -0.167. The molecular formula is C52H100O6. The molecule has 0 rings (SSSR count). The summed E-state index contributed by atoms with van der Waals surface area (Å²) in [6, 6.07) is 0. The molecule has 0 unspecified atom stereocenters. The Labute approximate surface area is 361 Å². The van der Waals surface area contributed by atoms with Crippen molar-refractivity contribution in [1.82, 2.24) is 0 Å². The van der Waals surface area contributed by atoms with Gasteiger partial charge in [-0.2, -0.15) is 0 Å². The molecule has 58 heavy (non-hydrogen) atoms. The van der Waals surface area contributed by atoms with Crippen molar-refractivity contribution in [1.29, 1.82) is 0 Å². The molecule has 0 N–H and O–H groups in total. The monoisotopic (exact) mass is 821 g/mol. The van der Waals surface area contributed by atoms with E-state index in [1.165, 1.54) is 161 Å². The van der Waals surface area contributed by atoms with Crippen LogP contribution in [0.15, 0.2) is 0 Å². The van der Waals surface area contributed by atoms with Gasteiger partial charge in [0.2, 0.25) is 0 Å². The Bertz CT molecular complexity index is 898. The average molecular weight is 821 g/mol. The van der Waals surface area contributed by atoms with E-state index in [4.69, 9.17) is 14.2 Å². The van der Waals surface area contributed by atoms with E-state index < -0.39 is 6.10 Å². The third-order valence-corrected chi connectivity index (χ3v) is 11.6. The Kier molecular flexibility index (Phi) is 42.3. The first-order valence-electron chi connectivity index (χ1n) is 25.6.